The molecule has 0 aromatic rings. The van der Waals surface area contributed by atoms with Gasteiger partial charge in [-0.1, -0.05) is 28.0 Å². The average Bonchev–Trinajstić information content (AvgIpc) is 3.24. The van der Waals surface area contributed by atoms with Gasteiger partial charge in [0.15, 0.2) is 0 Å². The van der Waals surface area contributed by atoms with Crippen LogP contribution in [0.1, 0.15) is 73.6 Å². The van der Waals surface area contributed by atoms with Crippen LogP contribution in [0.5, 0.6) is 0 Å². The van der Waals surface area contributed by atoms with E-state index < -0.39 is 34.7 Å². The van der Waals surface area contributed by atoms with E-state index in [9.17, 15) is 14.4 Å². The molecule has 0 bridgehead atoms. The van der Waals surface area contributed by atoms with Gasteiger partial charge >= 0.3 is 18.0 Å². The van der Waals surface area contributed by atoms with Crippen LogP contribution in [0.15, 0.2) is 0 Å². The average molecular weight is 494 g/mol. The number of hydrogen-bond donors (Lipinski definition) is 0. The van der Waals surface area contributed by atoms with Crippen LogP contribution >= 0.6 is 33.3 Å². The van der Waals surface area contributed by atoms with Gasteiger partial charge in [0, 0.05) is 29.1 Å². The first-order valence-corrected chi connectivity index (χ1v) is 14.1. The Bertz CT molecular complexity index is 646. The van der Waals surface area contributed by atoms with Crippen LogP contribution in [0.4, 0.5) is 4.79 Å². The Hall–Kier alpha value is -0.740. The monoisotopic (exact) mass is 493 g/mol. The molecule has 0 aromatic heterocycles. The van der Waals surface area contributed by atoms with E-state index in [-0.39, 0.29) is 5.97 Å². The number of amides is 1. The second kappa shape index (κ2) is 11.4. The van der Waals surface area contributed by atoms with E-state index in [1.165, 1.54) is 35.8 Å². The van der Waals surface area contributed by atoms with Gasteiger partial charge in [0.2, 0.25) is 6.29 Å². The summed E-state index contributed by atoms with van der Waals surface area (Å²) in [5.41, 5.74) is -0.659. The molecule has 10 heteroatoms. The van der Waals surface area contributed by atoms with Crippen LogP contribution in [0.2, 0.25) is 0 Å². The number of unbranched alkanes of at least 4 members (excludes halogenated alkanes) is 1. The number of hydrogen-bond acceptors (Lipinski definition) is 9. The van der Waals surface area contributed by atoms with Crippen molar-refractivity contribution in [2.24, 2.45) is 0 Å². The maximum absolute atomic E-state index is 12.7. The Morgan fingerprint density at radius 1 is 1.16 bits per heavy atom. The summed E-state index contributed by atoms with van der Waals surface area (Å²) in [4.78, 5) is 38.8. The maximum atomic E-state index is 12.7. The molecule has 178 valence electrons. The summed E-state index contributed by atoms with van der Waals surface area (Å²) in [6.07, 6.45) is 2.70. The molecule has 3 atom stereocenters. The third-order valence-corrected chi connectivity index (χ3v) is 9.24. The standard InChI is InChI=1S/C21H35NO6S3/c1-14(26-16(23)10-8-7-9-15-11-12-30-31-15)27-19(25)22-13-29-21(5,6)17(22)18(24)28-20(2,3)4/h14-15,17H,7-13H2,1-6H3. The minimum Gasteiger partial charge on any atom is -0.458 e. The third kappa shape index (κ3) is 8.61. The zero-order valence-corrected chi connectivity index (χ0v) is 21.8. The van der Waals surface area contributed by atoms with Gasteiger partial charge < -0.3 is 14.2 Å². The highest BCUT2D eigenvalue weighted by Crippen LogP contribution is 2.41. The molecule has 2 saturated heterocycles. The molecule has 0 N–H and O–H groups in total. The van der Waals surface area contributed by atoms with Crippen molar-refractivity contribution >= 4 is 51.4 Å². The molecule has 2 fully saturated rings. The maximum Gasteiger partial charge on any atom is 0.414 e. The molecule has 31 heavy (non-hydrogen) atoms. The van der Waals surface area contributed by atoms with E-state index in [1.807, 2.05) is 35.4 Å². The Labute approximate surface area is 197 Å². The van der Waals surface area contributed by atoms with Crippen molar-refractivity contribution in [1.82, 2.24) is 4.90 Å². The Morgan fingerprint density at radius 3 is 2.48 bits per heavy atom. The largest absolute Gasteiger partial charge is 0.458 e. The van der Waals surface area contributed by atoms with Gasteiger partial charge in [-0.15, -0.1) is 11.8 Å². The zero-order valence-electron chi connectivity index (χ0n) is 19.3. The van der Waals surface area contributed by atoms with E-state index in [0.29, 0.717) is 17.5 Å². The molecule has 2 heterocycles. The normalized spacial score (nSPS) is 24.0. The lowest BCUT2D eigenvalue weighted by molar-refractivity contribution is -0.169. The quantitative estimate of drug-likeness (QED) is 0.195. The van der Waals surface area contributed by atoms with Gasteiger partial charge in [-0.25, -0.2) is 9.59 Å². The van der Waals surface area contributed by atoms with E-state index in [2.05, 4.69) is 0 Å². The molecule has 7 nitrogen and oxygen atoms in total. The Morgan fingerprint density at radius 2 is 1.87 bits per heavy atom. The summed E-state index contributed by atoms with van der Waals surface area (Å²) in [6.45, 7) is 10.7. The molecule has 0 saturated carbocycles. The summed E-state index contributed by atoms with van der Waals surface area (Å²) in [5.74, 6) is 0.659. The van der Waals surface area contributed by atoms with Crippen molar-refractivity contribution in [3.05, 3.63) is 0 Å². The Kier molecular flexibility index (Phi) is 9.76. The molecule has 0 aromatic carbocycles. The number of carbonyl (C=O) groups excluding carboxylic acids is 3. The number of rotatable bonds is 8. The number of thioether (sulfide) groups is 1. The minimum absolute atomic E-state index is 0.299. The van der Waals surface area contributed by atoms with E-state index in [1.54, 1.807) is 20.8 Å². The topological polar surface area (TPSA) is 82.1 Å². The summed E-state index contributed by atoms with van der Waals surface area (Å²) in [5, 5.41) is 0.696. The highest BCUT2D eigenvalue weighted by Gasteiger charge is 2.50. The predicted molar refractivity (Wildman–Crippen MR) is 127 cm³/mol. The fourth-order valence-corrected chi connectivity index (χ4v) is 7.51. The fourth-order valence-electron chi connectivity index (χ4n) is 3.38. The minimum atomic E-state index is -1.02. The van der Waals surface area contributed by atoms with Crippen molar-refractivity contribution in [2.45, 2.75) is 102 Å². The van der Waals surface area contributed by atoms with Gasteiger partial charge in [-0.2, -0.15) is 0 Å². The molecule has 0 spiro atoms. The molecular weight excluding hydrogens is 458 g/mol. The molecule has 3 unspecified atom stereocenters. The zero-order chi connectivity index (χ0) is 23.2. The molecule has 2 aliphatic rings. The van der Waals surface area contributed by atoms with Crippen molar-refractivity contribution in [3.63, 3.8) is 0 Å². The van der Waals surface area contributed by atoms with Crippen LogP contribution in [-0.2, 0) is 23.8 Å². The lowest BCUT2D eigenvalue weighted by Gasteiger charge is -2.32. The number of ether oxygens (including phenoxy) is 3. The Balaban J connectivity index is 1.79. The van der Waals surface area contributed by atoms with Gasteiger partial charge in [-0.3, -0.25) is 9.69 Å². The molecule has 0 aliphatic carbocycles. The van der Waals surface area contributed by atoms with E-state index >= 15 is 0 Å². The first-order chi connectivity index (χ1) is 14.4. The molecular formula is C21H35NO6S3. The number of carbonyl (C=O) groups is 3. The second-order valence-electron chi connectivity index (χ2n) is 9.30. The smallest absolute Gasteiger partial charge is 0.414 e. The summed E-state index contributed by atoms with van der Waals surface area (Å²) < 4.78 is 15.5. The lowest BCUT2D eigenvalue weighted by Crippen LogP contribution is -2.51. The van der Waals surface area contributed by atoms with Crippen LogP contribution in [0.3, 0.4) is 0 Å². The predicted octanol–water partition coefficient (Wildman–Crippen LogP) is 5.22. The van der Waals surface area contributed by atoms with Crippen molar-refractivity contribution in [3.8, 4) is 0 Å². The van der Waals surface area contributed by atoms with Crippen molar-refractivity contribution in [2.75, 3.05) is 11.6 Å². The SMILES string of the molecule is CC(OC(=O)CCCCC1CCSS1)OC(=O)N1CSC(C)(C)C1C(=O)OC(C)(C)C. The van der Waals surface area contributed by atoms with Crippen LogP contribution in [0, 0.1) is 0 Å². The highest BCUT2D eigenvalue weighted by atomic mass is 33.1. The van der Waals surface area contributed by atoms with Crippen LogP contribution in [-0.4, -0.2) is 62.5 Å². The molecule has 1 amide bonds. The molecule has 2 rings (SSSR count). The van der Waals surface area contributed by atoms with Gasteiger partial charge in [0.25, 0.3) is 0 Å². The molecule has 0 radical (unpaired) electrons. The number of esters is 2. The second-order valence-corrected chi connectivity index (χ2v) is 13.7. The van der Waals surface area contributed by atoms with Crippen LogP contribution in [0.25, 0.3) is 0 Å². The summed E-state index contributed by atoms with van der Waals surface area (Å²) >= 11 is 1.48. The first kappa shape index (κ1) is 26.5. The van der Waals surface area contributed by atoms with Gasteiger partial charge in [-0.05, 0) is 53.9 Å². The molecule has 2 aliphatic heterocycles. The summed E-state index contributed by atoms with van der Waals surface area (Å²) in [7, 11) is 3.86. The third-order valence-electron chi connectivity index (χ3n) is 4.86. The first-order valence-electron chi connectivity index (χ1n) is 10.7. The highest BCUT2D eigenvalue weighted by molar-refractivity contribution is 8.77. The van der Waals surface area contributed by atoms with Gasteiger partial charge in [0.1, 0.15) is 11.6 Å². The van der Waals surface area contributed by atoms with E-state index in [4.69, 9.17) is 14.2 Å². The van der Waals surface area contributed by atoms with E-state index in [0.717, 1.165) is 19.3 Å². The number of nitrogens with zero attached hydrogens (tertiary/aromatic N) is 1. The summed E-state index contributed by atoms with van der Waals surface area (Å²) in [6, 6.07) is -0.779. The van der Waals surface area contributed by atoms with Crippen molar-refractivity contribution < 1.29 is 28.6 Å². The lowest BCUT2D eigenvalue weighted by atomic mass is 10.0. The van der Waals surface area contributed by atoms with Crippen LogP contribution < -0.4 is 0 Å². The van der Waals surface area contributed by atoms with Crippen molar-refractivity contribution in [1.29, 1.82) is 0 Å². The van der Waals surface area contributed by atoms with Gasteiger partial charge in [0.05, 0.1) is 5.88 Å². The fraction of sp³-hybridized carbons (Fsp3) is 0.857.